The highest BCUT2D eigenvalue weighted by Crippen LogP contribution is 2.10. The van der Waals surface area contributed by atoms with Gasteiger partial charge in [0.1, 0.15) is 11.6 Å². The van der Waals surface area contributed by atoms with E-state index in [9.17, 15) is 0 Å². The lowest BCUT2D eigenvalue weighted by Gasteiger charge is -2.07. The summed E-state index contributed by atoms with van der Waals surface area (Å²) in [6, 6.07) is 3.62. The highest BCUT2D eigenvalue weighted by molar-refractivity contribution is 5.37. The van der Waals surface area contributed by atoms with Crippen LogP contribution in [0.25, 0.3) is 0 Å². The fourth-order valence-corrected chi connectivity index (χ4v) is 0.858. The fourth-order valence-electron chi connectivity index (χ4n) is 0.858. The summed E-state index contributed by atoms with van der Waals surface area (Å²) in [5.74, 6) is 1.46. The second kappa shape index (κ2) is 4.67. The van der Waals surface area contributed by atoms with Crippen molar-refractivity contribution < 1.29 is 9.84 Å². The standard InChI is InChI=1S/C9H14N2O2/c1-7(12)5-10-9-4-3-8(13-2)6-11-9/h3-4,6-7,12H,5H2,1-2H3,(H,10,11). The summed E-state index contributed by atoms with van der Waals surface area (Å²) >= 11 is 0. The van der Waals surface area contributed by atoms with Gasteiger partial charge in [-0.25, -0.2) is 4.98 Å². The third-order valence-electron chi connectivity index (χ3n) is 1.55. The number of hydrogen-bond donors (Lipinski definition) is 2. The van der Waals surface area contributed by atoms with Crippen LogP contribution in [0.4, 0.5) is 5.82 Å². The number of ether oxygens (including phenoxy) is 1. The van der Waals surface area contributed by atoms with E-state index in [1.54, 1.807) is 26.3 Å². The van der Waals surface area contributed by atoms with Gasteiger partial charge in [-0.1, -0.05) is 0 Å². The van der Waals surface area contributed by atoms with Gasteiger partial charge in [0.05, 0.1) is 19.4 Å². The molecule has 0 aliphatic rings. The van der Waals surface area contributed by atoms with Crippen LogP contribution >= 0.6 is 0 Å². The molecular weight excluding hydrogens is 168 g/mol. The number of pyridine rings is 1. The van der Waals surface area contributed by atoms with Crippen molar-refractivity contribution in [3.8, 4) is 5.75 Å². The molecule has 0 bridgehead atoms. The van der Waals surface area contributed by atoms with Gasteiger partial charge in [0, 0.05) is 6.54 Å². The summed E-state index contributed by atoms with van der Waals surface area (Å²) in [4.78, 5) is 4.07. The third kappa shape index (κ3) is 3.29. The predicted molar refractivity (Wildman–Crippen MR) is 51.0 cm³/mol. The minimum absolute atomic E-state index is 0.371. The quantitative estimate of drug-likeness (QED) is 0.726. The van der Waals surface area contributed by atoms with Crippen molar-refractivity contribution in [2.24, 2.45) is 0 Å². The van der Waals surface area contributed by atoms with Crippen molar-refractivity contribution in [1.82, 2.24) is 4.98 Å². The molecule has 0 spiro atoms. The molecule has 1 unspecified atom stereocenters. The first kappa shape index (κ1) is 9.80. The van der Waals surface area contributed by atoms with E-state index in [2.05, 4.69) is 10.3 Å². The molecule has 0 amide bonds. The molecule has 1 aromatic heterocycles. The Morgan fingerprint density at radius 3 is 2.85 bits per heavy atom. The molecule has 4 nitrogen and oxygen atoms in total. The van der Waals surface area contributed by atoms with Gasteiger partial charge in [-0.3, -0.25) is 0 Å². The maximum absolute atomic E-state index is 9.00. The number of aromatic nitrogens is 1. The molecular formula is C9H14N2O2. The van der Waals surface area contributed by atoms with Crippen LogP contribution in [0.2, 0.25) is 0 Å². The van der Waals surface area contributed by atoms with Crippen LogP contribution < -0.4 is 10.1 Å². The Hall–Kier alpha value is -1.29. The fraction of sp³-hybridized carbons (Fsp3) is 0.444. The van der Waals surface area contributed by atoms with Crippen molar-refractivity contribution >= 4 is 5.82 Å². The van der Waals surface area contributed by atoms with Crippen molar-refractivity contribution in [3.63, 3.8) is 0 Å². The highest BCUT2D eigenvalue weighted by Gasteiger charge is 1.97. The molecule has 2 N–H and O–H groups in total. The van der Waals surface area contributed by atoms with Crippen LogP contribution in [0.5, 0.6) is 5.75 Å². The summed E-state index contributed by atoms with van der Waals surface area (Å²) in [6.07, 6.45) is 1.26. The van der Waals surface area contributed by atoms with Crippen LogP contribution in [-0.2, 0) is 0 Å². The van der Waals surface area contributed by atoms with Gasteiger partial charge in [0.25, 0.3) is 0 Å². The Bertz CT molecular complexity index is 246. The molecule has 0 saturated carbocycles. The molecule has 1 heterocycles. The van der Waals surface area contributed by atoms with Gasteiger partial charge in [0.15, 0.2) is 0 Å². The second-order valence-electron chi connectivity index (χ2n) is 2.81. The zero-order valence-corrected chi connectivity index (χ0v) is 7.82. The lowest BCUT2D eigenvalue weighted by molar-refractivity contribution is 0.208. The monoisotopic (exact) mass is 182 g/mol. The van der Waals surface area contributed by atoms with E-state index >= 15 is 0 Å². The number of aliphatic hydroxyl groups excluding tert-OH is 1. The third-order valence-corrected chi connectivity index (χ3v) is 1.55. The van der Waals surface area contributed by atoms with Gasteiger partial charge in [-0.2, -0.15) is 0 Å². The van der Waals surface area contributed by atoms with E-state index in [0.29, 0.717) is 6.54 Å². The normalized spacial score (nSPS) is 12.2. The van der Waals surface area contributed by atoms with Gasteiger partial charge < -0.3 is 15.2 Å². The highest BCUT2D eigenvalue weighted by atomic mass is 16.5. The Kier molecular flexibility index (Phi) is 3.52. The topological polar surface area (TPSA) is 54.4 Å². The van der Waals surface area contributed by atoms with E-state index in [-0.39, 0.29) is 6.10 Å². The number of rotatable bonds is 4. The van der Waals surface area contributed by atoms with Gasteiger partial charge >= 0.3 is 0 Å². The lowest BCUT2D eigenvalue weighted by atomic mass is 10.4. The second-order valence-corrected chi connectivity index (χ2v) is 2.81. The van der Waals surface area contributed by atoms with Crippen molar-refractivity contribution in [2.45, 2.75) is 13.0 Å². The summed E-state index contributed by atoms with van der Waals surface area (Å²) in [5.41, 5.74) is 0. The minimum Gasteiger partial charge on any atom is -0.495 e. The zero-order chi connectivity index (χ0) is 9.68. The van der Waals surface area contributed by atoms with Crippen LogP contribution in [0.1, 0.15) is 6.92 Å². The van der Waals surface area contributed by atoms with Gasteiger partial charge in [-0.05, 0) is 19.1 Å². The Balaban J connectivity index is 2.49. The van der Waals surface area contributed by atoms with E-state index in [0.717, 1.165) is 11.6 Å². The number of aliphatic hydroxyl groups is 1. The predicted octanol–water partition coefficient (Wildman–Crippen LogP) is 0.883. The average molecular weight is 182 g/mol. The first-order valence-electron chi connectivity index (χ1n) is 4.14. The van der Waals surface area contributed by atoms with Crippen LogP contribution in [-0.4, -0.2) is 29.8 Å². The SMILES string of the molecule is COc1ccc(NCC(C)O)nc1. The van der Waals surface area contributed by atoms with E-state index in [1.165, 1.54) is 0 Å². The molecule has 1 atom stereocenters. The minimum atomic E-state index is -0.371. The summed E-state index contributed by atoms with van der Waals surface area (Å²) < 4.78 is 4.96. The number of hydrogen-bond acceptors (Lipinski definition) is 4. The van der Waals surface area contributed by atoms with E-state index < -0.39 is 0 Å². The van der Waals surface area contributed by atoms with Crippen molar-refractivity contribution in [2.75, 3.05) is 19.0 Å². The summed E-state index contributed by atoms with van der Waals surface area (Å²) in [5, 5.41) is 12.0. The molecule has 13 heavy (non-hydrogen) atoms. The Morgan fingerprint density at radius 2 is 2.38 bits per heavy atom. The molecule has 72 valence electrons. The number of nitrogens with one attached hydrogen (secondary N) is 1. The van der Waals surface area contributed by atoms with Crippen molar-refractivity contribution in [3.05, 3.63) is 18.3 Å². The molecule has 0 radical (unpaired) electrons. The summed E-state index contributed by atoms with van der Waals surface area (Å²) in [6.45, 7) is 2.22. The molecule has 4 heteroatoms. The molecule has 0 fully saturated rings. The van der Waals surface area contributed by atoms with E-state index in [1.807, 2.05) is 6.07 Å². The molecule has 1 rings (SSSR count). The molecule has 0 aromatic carbocycles. The molecule has 0 saturated heterocycles. The molecule has 1 aromatic rings. The van der Waals surface area contributed by atoms with Gasteiger partial charge in [0.2, 0.25) is 0 Å². The van der Waals surface area contributed by atoms with Crippen molar-refractivity contribution in [1.29, 1.82) is 0 Å². The first-order valence-corrected chi connectivity index (χ1v) is 4.14. The smallest absolute Gasteiger partial charge is 0.137 e. The van der Waals surface area contributed by atoms with Crippen LogP contribution in [0.15, 0.2) is 18.3 Å². The van der Waals surface area contributed by atoms with Crippen LogP contribution in [0, 0.1) is 0 Å². The van der Waals surface area contributed by atoms with Gasteiger partial charge in [-0.15, -0.1) is 0 Å². The van der Waals surface area contributed by atoms with Crippen LogP contribution in [0.3, 0.4) is 0 Å². The zero-order valence-electron chi connectivity index (χ0n) is 7.82. The number of anilines is 1. The number of methoxy groups -OCH3 is 1. The molecule has 0 aliphatic carbocycles. The maximum Gasteiger partial charge on any atom is 0.137 e. The van der Waals surface area contributed by atoms with E-state index in [4.69, 9.17) is 9.84 Å². The summed E-state index contributed by atoms with van der Waals surface area (Å²) in [7, 11) is 1.60. The lowest BCUT2D eigenvalue weighted by Crippen LogP contribution is -2.15. The average Bonchev–Trinajstić information content (AvgIpc) is 2.15. The first-order chi connectivity index (χ1) is 6.22. The Labute approximate surface area is 77.6 Å². The molecule has 0 aliphatic heterocycles. The number of nitrogens with zero attached hydrogens (tertiary/aromatic N) is 1. The largest absolute Gasteiger partial charge is 0.495 e. The maximum atomic E-state index is 9.00. The Morgan fingerprint density at radius 1 is 1.62 bits per heavy atom.